The molecule has 3 nitrogen and oxygen atoms in total. The lowest BCUT2D eigenvalue weighted by Crippen LogP contribution is -2.20. The van der Waals surface area contributed by atoms with Gasteiger partial charge in [-0.2, -0.15) is 0 Å². The molecule has 1 aromatic carbocycles. The number of benzene rings is 1. The predicted molar refractivity (Wildman–Crippen MR) is 70.5 cm³/mol. The van der Waals surface area contributed by atoms with Crippen LogP contribution in [0.1, 0.15) is 31.9 Å². The van der Waals surface area contributed by atoms with E-state index in [2.05, 4.69) is 24.4 Å². The third kappa shape index (κ3) is 5.20. The fraction of sp³-hybridized carbons (Fsp3) is 0.571. The van der Waals surface area contributed by atoms with Crippen LogP contribution in [0, 0.1) is 0 Å². The molecule has 0 saturated heterocycles. The van der Waals surface area contributed by atoms with Gasteiger partial charge in [0.25, 0.3) is 0 Å². The predicted octanol–water partition coefficient (Wildman–Crippen LogP) is 2.77. The van der Waals surface area contributed by atoms with Gasteiger partial charge < -0.3 is 14.8 Å². The fourth-order valence-electron chi connectivity index (χ4n) is 1.69. The maximum absolute atomic E-state index is 5.49. The van der Waals surface area contributed by atoms with Crippen molar-refractivity contribution in [3.05, 3.63) is 29.8 Å². The molecule has 17 heavy (non-hydrogen) atoms. The maximum atomic E-state index is 5.49. The van der Waals surface area contributed by atoms with Gasteiger partial charge in [-0.1, -0.05) is 12.1 Å². The Bertz CT molecular complexity index is 315. The second kappa shape index (κ2) is 8.09. The van der Waals surface area contributed by atoms with Gasteiger partial charge in [0.2, 0.25) is 0 Å². The highest BCUT2D eigenvalue weighted by Gasteiger charge is 2.05. The van der Waals surface area contributed by atoms with E-state index in [1.807, 2.05) is 19.1 Å². The summed E-state index contributed by atoms with van der Waals surface area (Å²) in [6.45, 7) is 6.64. The lowest BCUT2D eigenvalue weighted by Gasteiger charge is -2.15. The molecule has 3 heteroatoms. The van der Waals surface area contributed by atoms with E-state index in [9.17, 15) is 0 Å². The number of hydrogen-bond donors (Lipinski definition) is 1. The van der Waals surface area contributed by atoms with Crippen molar-refractivity contribution >= 4 is 0 Å². The van der Waals surface area contributed by atoms with E-state index in [1.54, 1.807) is 7.11 Å². The van der Waals surface area contributed by atoms with E-state index in [4.69, 9.17) is 9.47 Å². The molecule has 0 spiro atoms. The summed E-state index contributed by atoms with van der Waals surface area (Å²) >= 11 is 0. The molecular formula is C14H23NO2. The highest BCUT2D eigenvalue weighted by Crippen LogP contribution is 2.18. The van der Waals surface area contributed by atoms with E-state index >= 15 is 0 Å². The molecule has 0 amide bonds. The van der Waals surface area contributed by atoms with Gasteiger partial charge in [-0.05, 0) is 44.5 Å². The molecule has 0 bridgehead atoms. The van der Waals surface area contributed by atoms with Gasteiger partial charge in [-0.3, -0.25) is 0 Å². The molecule has 1 rings (SSSR count). The van der Waals surface area contributed by atoms with Gasteiger partial charge in [0.05, 0.1) is 6.61 Å². The van der Waals surface area contributed by atoms with Crippen LogP contribution in [0.2, 0.25) is 0 Å². The van der Waals surface area contributed by atoms with Gasteiger partial charge in [0.15, 0.2) is 0 Å². The summed E-state index contributed by atoms with van der Waals surface area (Å²) in [5.41, 5.74) is 1.26. The van der Waals surface area contributed by atoms with Crippen molar-refractivity contribution in [3.8, 4) is 5.75 Å². The Kier molecular flexibility index (Phi) is 6.67. The third-order valence-electron chi connectivity index (χ3n) is 2.64. The topological polar surface area (TPSA) is 30.5 Å². The van der Waals surface area contributed by atoms with Crippen molar-refractivity contribution in [2.24, 2.45) is 0 Å². The summed E-state index contributed by atoms with van der Waals surface area (Å²) in [7, 11) is 1.73. The molecule has 0 aromatic heterocycles. The van der Waals surface area contributed by atoms with Crippen LogP contribution in [0.15, 0.2) is 24.3 Å². The van der Waals surface area contributed by atoms with Crippen molar-refractivity contribution in [2.75, 3.05) is 26.9 Å². The third-order valence-corrected chi connectivity index (χ3v) is 2.64. The van der Waals surface area contributed by atoms with E-state index < -0.39 is 0 Å². The summed E-state index contributed by atoms with van der Waals surface area (Å²) < 4.78 is 10.5. The number of methoxy groups -OCH3 is 1. The average molecular weight is 237 g/mol. The molecule has 0 heterocycles. The minimum absolute atomic E-state index is 0.340. The van der Waals surface area contributed by atoms with Gasteiger partial charge in [-0.25, -0.2) is 0 Å². The summed E-state index contributed by atoms with van der Waals surface area (Å²) in [5.74, 6) is 0.940. The monoisotopic (exact) mass is 237 g/mol. The standard InChI is InChI=1S/C14H23NO2/c1-4-17-14-8-5-7-13(11-14)12(2)15-9-6-10-16-3/h5,7-8,11-12,15H,4,6,9-10H2,1-3H3/t12-/m1/s1. The normalized spacial score (nSPS) is 12.4. The molecule has 1 N–H and O–H groups in total. The van der Waals surface area contributed by atoms with Crippen LogP contribution in [-0.2, 0) is 4.74 Å². The molecule has 0 unspecified atom stereocenters. The quantitative estimate of drug-likeness (QED) is 0.705. The molecule has 96 valence electrons. The summed E-state index contributed by atoms with van der Waals surface area (Å²) in [6.07, 6.45) is 1.03. The van der Waals surface area contributed by atoms with Crippen LogP contribution >= 0.6 is 0 Å². The Balaban J connectivity index is 2.44. The Labute approximate surface area is 104 Å². The van der Waals surface area contributed by atoms with Crippen LogP contribution in [0.3, 0.4) is 0 Å². The van der Waals surface area contributed by atoms with Crippen LogP contribution in [0.4, 0.5) is 0 Å². The molecule has 1 atom stereocenters. The number of nitrogens with one attached hydrogen (secondary N) is 1. The highest BCUT2D eigenvalue weighted by molar-refractivity contribution is 5.30. The zero-order valence-corrected chi connectivity index (χ0v) is 11.0. The summed E-state index contributed by atoms with van der Waals surface area (Å²) in [5, 5.41) is 3.47. The second-order valence-electron chi connectivity index (χ2n) is 4.03. The Morgan fingerprint density at radius 1 is 1.35 bits per heavy atom. The second-order valence-corrected chi connectivity index (χ2v) is 4.03. The van der Waals surface area contributed by atoms with Crippen LogP contribution in [0.25, 0.3) is 0 Å². The molecule has 0 aliphatic heterocycles. The number of ether oxygens (including phenoxy) is 2. The first-order valence-corrected chi connectivity index (χ1v) is 6.23. The Hall–Kier alpha value is -1.06. The van der Waals surface area contributed by atoms with Gasteiger partial charge in [0, 0.05) is 19.8 Å². The van der Waals surface area contributed by atoms with Crippen LogP contribution in [0.5, 0.6) is 5.75 Å². The van der Waals surface area contributed by atoms with Crippen molar-refractivity contribution in [3.63, 3.8) is 0 Å². The van der Waals surface area contributed by atoms with Crippen molar-refractivity contribution in [1.29, 1.82) is 0 Å². The van der Waals surface area contributed by atoms with Gasteiger partial charge in [-0.15, -0.1) is 0 Å². The highest BCUT2D eigenvalue weighted by atomic mass is 16.5. The molecule has 1 aromatic rings. The molecule has 0 fully saturated rings. The lowest BCUT2D eigenvalue weighted by molar-refractivity contribution is 0.193. The fourth-order valence-corrected chi connectivity index (χ4v) is 1.69. The first kappa shape index (κ1) is 14.0. The lowest BCUT2D eigenvalue weighted by atomic mass is 10.1. The smallest absolute Gasteiger partial charge is 0.119 e. The zero-order valence-electron chi connectivity index (χ0n) is 11.0. The maximum Gasteiger partial charge on any atom is 0.119 e. The number of rotatable bonds is 8. The van der Waals surface area contributed by atoms with Gasteiger partial charge >= 0.3 is 0 Å². The summed E-state index contributed by atoms with van der Waals surface area (Å²) in [4.78, 5) is 0. The molecular weight excluding hydrogens is 214 g/mol. The summed E-state index contributed by atoms with van der Waals surface area (Å²) in [6, 6.07) is 8.58. The number of hydrogen-bond acceptors (Lipinski definition) is 3. The van der Waals surface area contributed by atoms with E-state index in [0.29, 0.717) is 12.6 Å². The zero-order chi connectivity index (χ0) is 12.5. The van der Waals surface area contributed by atoms with Crippen LogP contribution in [-0.4, -0.2) is 26.9 Å². The average Bonchev–Trinajstić information content (AvgIpc) is 2.35. The molecule has 0 aliphatic carbocycles. The van der Waals surface area contributed by atoms with Crippen LogP contribution < -0.4 is 10.1 Å². The Morgan fingerprint density at radius 2 is 2.18 bits per heavy atom. The van der Waals surface area contributed by atoms with Crippen molar-refractivity contribution in [2.45, 2.75) is 26.3 Å². The minimum atomic E-state index is 0.340. The van der Waals surface area contributed by atoms with Crippen molar-refractivity contribution in [1.82, 2.24) is 5.32 Å². The van der Waals surface area contributed by atoms with E-state index in [-0.39, 0.29) is 0 Å². The first-order valence-electron chi connectivity index (χ1n) is 6.23. The largest absolute Gasteiger partial charge is 0.494 e. The Morgan fingerprint density at radius 3 is 2.88 bits per heavy atom. The molecule has 0 radical (unpaired) electrons. The SMILES string of the molecule is CCOc1cccc([C@@H](C)NCCCOC)c1. The van der Waals surface area contributed by atoms with Gasteiger partial charge in [0.1, 0.15) is 5.75 Å². The van der Waals surface area contributed by atoms with E-state index in [0.717, 1.165) is 25.3 Å². The molecule has 0 aliphatic rings. The first-order chi connectivity index (χ1) is 8.27. The van der Waals surface area contributed by atoms with Crippen molar-refractivity contribution < 1.29 is 9.47 Å². The van der Waals surface area contributed by atoms with E-state index in [1.165, 1.54) is 5.56 Å². The minimum Gasteiger partial charge on any atom is -0.494 e. The molecule has 0 saturated carbocycles.